The van der Waals surface area contributed by atoms with Crippen LogP contribution in [0.5, 0.6) is 5.88 Å². The smallest absolute Gasteiger partial charge is 0.388 e. The molecule has 0 unspecified atom stereocenters. The largest absolute Gasteiger partial charge is 0.414 e. The quantitative estimate of drug-likeness (QED) is 0.428. The summed E-state index contributed by atoms with van der Waals surface area (Å²) in [6.07, 6.45) is 4.51. The van der Waals surface area contributed by atoms with Crippen molar-refractivity contribution in [3.63, 3.8) is 0 Å². The molecule has 1 saturated heterocycles. The Labute approximate surface area is 195 Å². The third-order valence-corrected chi connectivity index (χ3v) is 5.81. The summed E-state index contributed by atoms with van der Waals surface area (Å²) in [5.41, 5.74) is 2.51. The Morgan fingerprint density at radius 1 is 1.20 bits per heavy atom. The average molecular weight is 489 g/mol. The summed E-state index contributed by atoms with van der Waals surface area (Å²) < 4.78 is 61.7. The van der Waals surface area contributed by atoms with Gasteiger partial charge in [0.25, 0.3) is 5.92 Å². The van der Waals surface area contributed by atoms with Crippen molar-refractivity contribution in [3.05, 3.63) is 42.9 Å². The van der Waals surface area contributed by atoms with Crippen LogP contribution in [0.4, 0.5) is 23.5 Å². The number of ether oxygens (including phenoxy) is 1. The van der Waals surface area contributed by atoms with Crippen molar-refractivity contribution in [1.82, 2.24) is 29.5 Å². The Balaban J connectivity index is 1.52. The monoisotopic (exact) mass is 489 g/mol. The Hall–Kier alpha value is -4.03. The van der Waals surface area contributed by atoms with Crippen LogP contribution in [-0.2, 0) is 4.79 Å². The van der Waals surface area contributed by atoms with E-state index in [0.717, 1.165) is 4.90 Å². The number of amides is 1. The van der Waals surface area contributed by atoms with Gasteiger partial charge in [-0.3, -0.25) is 14.8 Å². The number of carbonyl (C=O) groups excluding carboxylic acids is 1. The van der Waals surface area contributed by atoms with Crippen molar-refractivity contribution < 1.29 is 27.1 Å². The Bertz CT molecular complexity index is 1410. The highest BCUT2D eigenvalue weighted by molar-refractivity contribution is 5.89. The molecule has 4 aromatic rings. The lowest BCUT2D eigenvalue weighted by Crippen LogP contribution is -2.55. The molecule has 35 heavy (non-hydrogen) atoms. The first kappa shape index (κ1) is 22.7. The zero-order chi connectivity index (χ0) is 24.7. The lowest BCUT2D eigenvalue weighted by molar-refractivity contribution is -0.140. The predicted molar refractivity (Wildman–Crippen MR) is 117 cm³/mol. The maximum atomic E-state index is 14.7. The van der Waals surface area contributed by atoms with Gasteiger partial charge in [0, 0.05) is 37.6 Å². The molecule has 1 fully saturated rings. The highest BCUT2D eigenvalue weighted by Gasteiger charge is 2.45. The van der Waals surface area contributed by atoms with Crippen LogP contribution in [0.2, 0.25) is 0 Å². The van der Waals surface area contributed by atoms with Crippen LogP contribution in [0.1, 0.15) is 13.3 Å². The number of hydrogen-bond donors (Lipinski definition) is 1. The number of anilines is 1. The highest BCUT2D eigenvalue weighted by atomic mass is 19.3. The predicted octanol–water partition coefficient (Wildman–Crippen LogP) is 3.61. The third kappa shape index (κ3) is 4.40. The van der Waals surface area contributed by atoms with Crippen LogP contribution < -0.4 is 10.1 Å². The minimum absolute atomic E-state index is 0.0753. The first-order valence-corrected chi connectivity index (χ1v) is 10.7. The number of rotatable bonds is 5. The number of likely N-dealkylation sites (tertiary alicyclic amines) is 1. The van der Waals surface area contributed by atoms with Gasteiger partial charge in [-0.15, -0.1) is 5.10 Å². The van der Waals surface area contributed by atoms with Crippen LogP contribution >= 0.6 is 0 Å². The van der Waals surface area contributed by atoms with E-state index < -0.39 is 36.9 Å². The molecule has 1 aliphatic heterocycles. The number of nitrogens with one attached hydrogen (secondary N) is 1. The molecular formula is C22H19F4N7O2. The van der Waals surface area contributed by atoms with Gasteiger partial charge in [0.15, 0.2) is 0 Å². The van der Waals surface area contributed by atoms with E-state index in [1.165, 1.54) is 23.8 Å². The molecule has 9 nitrogen and oxygen atoms in total. The van der Waals surface area contributed by atoms with E-state index in [1.807, 2.05) is 0 Å². The first-order valence-electron chi connectivity index (χ1n) is 10.7. The maximum absolute atomic E-state index is 14.7. The SMILES string of the molecule is CC(=O)N1CC[C@@H](Nc2nc(OC(F)F)c3c(-c4ccc5nccnc5c4)ccn3n2)C(F)(F)C1. The molecule has 1 atom stereocenters. The zero-order valence-electron chi connectivity index (χ0n) is 18.3. The molecule has 0 aliphatic carbocycles. The van der Waals surface area contributed by atoms with Gasteiger partial charge in [-0.05, 0) is 30.2 Å². The molecular weight excluding hydrogens is 470 g/mol. The second kappa shape index (κ2) is 8.64. The minimum Gasteiger partial charge on any atom is -0.414 e. The lowest BCUT2D eigenvalue weighted by Gasteiger charge is -2.38. The van der Waals surface area contributed by atoms with Crippen LogP contribution in [0.25, 0.3) is 27.7 Å². The van der Waals surface area contributed by atoms with E-state index >= 15 is 0 Å². The molecule has 1 aromatic carbocycles. The Kier molecular flexibility index (Phi) is 5.61. The van der Waals surface area contributed by atoms with Crippen molar-refractivity contribution >= 4 is 28.4 Å². The number of fused-ring (bicyclic) bond motifs is 2. The molecule has 1 aliphatic rings. The lowest BCUT2D eigenvalue weighted by atomic mass is 10.0. The number of hydrogen-bond acceptors (Lipinski definition) is 7. The van der Waals surface area contributed by atoms with Gasteiger partial charge in [-0.2, -0.15) is 13.8 Å². The number of halogens is 4. The number of nitrogens with zero attached hydrogens (tertiary/aromatic N) is 6. The molecule has 13 heteroatoms. The fourth-order valence-electron chi connectivity index (χ4n) is 4.13. The van der Waals surface area contributed by atoms with E-state index in [1.54, 1.807) is 30.5 Å². The molecule has 4 heterocycles. The van der Waals surface area contributed by atoms with Crippen LogP contribution in [0.3, 0.4) is 0 Å². The number of benzene rings is 1. The van der Waals surface area contributed by atoms with Gasteiger partial charge in [-0.1, -0.05) is 6.07 Å². The number of aromatic nitrogens is 5. The van der Waals surface area contributed by atoms with Gasteiger partial charge in [0.1, 0.15) is 5.52 Å². The van der Waals surface area contributed by atoms with E-state index in [0.29, 0.717) is 22.2 Å². The van der Waals surface area contributed by atoms with Crippen molar-refractivity contribution in [3.8, 4) is 17.0 Å². The van der Waals surface area contributed by atoms with Gasteiger partial charge in [0.2, 0.25) is 17.7 Å². The average Bonchev–Trinajstić information content (AvgIpc) is 3.24. The fourth-order valence-corrected chi connectivity index (χ4v) is 4.13. The minimum atomic E-state index is -3.28. The van der Waals surface area contributed by atoms with Crippen molar-refractivity contribution in [1.29, 1.82) is 0 Å². The second-order valence-corrected chi connectivity index (χ2v) is 8.09. The van der Waals surface area contributed by atoms with Gasteiger partial charge < -0.3 is 15.0 Å². The van der Waals surface area contributed by atoms with E-state index in [2.05, 4.69) is 30.1 Å². The molecule has 3 aromatic heterocycles. The van der Waals surface area contributed by atoms with Crippen LogP contribution in [-0.4, -0.2) is 67.0 Å². The van der Waals surface area contributed by atoms with Crippen LogP contribution in [0, 0.1) is 0 Å². The standard InChI is InChI=1S/C22H19F4N7O2/c1-12(34)32-8-5-17(22(25,26)11-32)29-21-30-19(35-20(23)24)18-14(4-9-33(18)31-21)13-2-3-15-16(10-13)28-7-6-27-15/h2-4,6-7,9-10,17,20H,5,8,11H2,1H3,(H,29,31)/t17-/m1/s1. The van der Waals surface area contributed by atoms with Crippen molar-refractivity contribution in [2.24, 2.45) is 0 Å². The number of carbonyl (C=O) groups is 1. The third-order valence-electron chi connectivity index (χ3n) is 5.81. The Morgan fingerprint density at radius 2 is 1.97 bits per heavy atom. The summed E-state index contributed by atoms with van der Waals surface area (Å²) >= 11 is 0. The molecule has 1 amide bonds. The van der Waals surface area contributed by atoms with Crippen molar-refractivity contribution in [2.75, 3.05) is 18.4 Å². The van der Waals surface area contributed by atoms with Gasteiger partial charge in [-0.25, -0.2) is 13.3 Å². The number of alkyl halides is 4. The molecule has 0 saturated carbocycles. The summed E-state index contributed by atoms with van der Waals surface area (Å²) in [5, 5.41) is 6.73. The van der Waals surface area contributed by atoms with E-state index in [9.17, 15) is 22.4 Å². The normalized spacial score (nSPS) is 17.8. The molecule has 182 valence electrons. The summed E-state index contributed by atoms with van der Waals surface area (Å²) in [7, 11) is 0. The van der Waals surface area contributed by atoms with Gasteiger partial charge in [0.05, 0.1) is 23.6 Å². The highest BCUT2D eigenvalue weighted by Crippen LogP contribution is 2.34. The molecule has 0 radical (unpaired) electrons. The second-order valence-electron chi connectivity index (χ2n) is 8.09. The molecule has 0 spiro atoms. The number of piperidine rings is 1. The zero-order valence-corrected chi connectivity index (χ0v) is 18.3. The van der Waals surface area contributed by atoms with E-state index in [-0.39, 0.29) is 24.4 Å². The summed E-state index contributed by atoms with van der Waals surface area (Å²) in [6, 6.07) is 5.45. The first-order chi connectivity index (χ1) is 16.7. The fraction of sp³-hybridized carbons (Fsp3) is 0.318. The molecule has 5 rings (SSSR count). The van der Waals surface area contributed by atoms with E-state index in [4.69, 9.17) is 0 Å². The van der Waals surface area contributed by atoms with Crippen molar-refractivity contribution in [2.45, 2.75) is 31.9 Å². The van der Waals surface area contributed by atoms with Gasteiger partial charge >= 0.3 is 6.61 Å². The topological polar surface area (TPSA) is 97.5 Å². The van der Waals surface area contributed by atoms with Crippen LogP contribution in [0.15, 0.2) is 42.9 Å². The molecule has 1 N–H and O–H groups in total. The summed E-state index contributed by atoms with van der Waals surface area (Å²) in [6.45, 7) is -2.63. The molecule has 0 bridgehead atoms. The summed E-state index contributed by atoms with van der Waals surface area (Å²) in [4.78, 5) is 25.0. The Morgan fingerprint density at radius 3 is 2.69 bits per heavy atom. The summed E-state index contributed by atoms with van der Waals surface area (Å²) in [5.74, 6) is -4.50. The maximum Gasteiger partial charge on any atom is 0.388 e.